The molecule has 1 heterocycles. The fourth-order valence-electron chi connectivity index (χ4n) is 3.09. The summed E-state index contributed by atoms with van der Waals surface area (Å²) < 4.78 is 0. The van der Waals surface area contributed by atoms with Crippen molar-refractivity contribution in [3.05, 3.63) is 35.9 Å². The second-order valence-electron chi connectivity index (χ2n) is 6.24. The second kappa shape index (κ2) is 7.48. The number of nitrogens with zero attached hydrogens (tertiary/aromatic N) is 2. The Morgan fingerprint density at radius 3 is 2.62 bits per heavy atom. The molecule has 0 N–H and O–H groups in total. The van der Waals surface area contributed by atoms with Gasteiger partial charge in [0, 0.05) is 25.2 Å². The Hall–Kier alpha value is -1.51. The van der Waals surface area contributed by atoms with Crippen LogP contribution in [0, 0.1) is 0 Å². The molecule has 1 saturated heterocycles. The van der Waals surface area contributed by atoms with Crippen LogP contribution in [-0.2, 0) is 6.54 Å². The monoisotopic (exact) mass is 288 g/mol. The molecule has 1 fully saturated rings. The summed E-state index contributed by atoms with van der Waals surface area (Å²) in [7, 11) is 0. The van der Waals surface area contributed by atoms with Gasteiger partial charge in [-0.3, -0.25) is 0 Å². The van der Waals surface area contributed by atoms with Crippen molar-refractivity contribution in [1.82, 2.24) is 9.80 Å². The highest BCUT2D eigenvalue weighted by Crippen LogP contribution is 2.22. The van der Waals surface area contributed by atoms with E-state index in [9.17, 15) is 4.79 Å². The van der Waals surface area contributed by atoms with E-state index in [4.69, 9.17) is 0 Å². The number of carbonyl (C=O) groups excluding carboxylic acids is 1. The van der Waals surface area contributed by atoms with E-state index in [1.165, 1.54) is 12.0 Å². The van der Waals surface area contributed by atoms with Crippen molar-refractivity contribution in [3.8, 4) is 0 Å². The van der Waals surface area contributed by atoms with Crippen LogP contribution in [0.4, 0.5) is 4.79 Å². The third-order valence-electron chi connectivity index (χ3n) is 4.41. The van der Waals surface area contributed by atoms with Gasteiger partial charge in [-0.2, -0.15) is 0 Å². The average molecular weight is 288 g/mol. The highest BCUT2D eigenvalue weighted by atomic mass is 16.2. The molecule has 0 aromatic heterocycles. The zero-order valence-electron chi connectivity index (χ0n) is 13.6. The fourth-order valence-corrected chi connectivity index (χ4v) is 3.09. The van der Waals surface area contributed by atoms with Gasteiger partial charge in [-0.05, 0) is 45.1 Å². The smallest absolute Gasteiger partial charge is 0.320 e. The van der Waals surface area contributed by atoms with E-state index < -0.39 is 0 Å². The van der Waals surface area contributed by atoms with Crippen LogP contribution in [0.25, 0.3) is 0 Å². The van der Waals surface area contributed by atoms with Gasteiger partial charge in [0.2, 0.25) is 0 Å². The zero-order chi connectivity index (χ0) is 15.2. The molecule has 0 radical (unpaired) electrons. The maximum absolute atomic E-state index is 13.0. The SMILES string of the molecule is CCC1CCCCN1C(=O)N(Cc1ccccc1)C(C)C. The number of rotatable bonds is 4. The van der Waals surface area contributed by atoms with Crippen LogP contribution < -0.4 is 0 Å². The van der Waals surface area contributed by atoms with Gasteiger partial charge in [0.25, 0.3) is 0 Å². The fraction of sp³-hybridized carbons (Fsp3) is 0.611. The minimum Gasteiger partial charge on any atom is -0.322 e. The molecule has 1 unspecified atom stereocenters. The van der Waals surface area contributed by atoms with Crippen molar-refractivity contribution in [2.45, 2.75) is 65.1 Å². The summed E-state index contributed by atoms with van der Waals surface area (Å²) in [6.45, 7) is 8.00. The first-order valence-corrected chi connectivity index (χ1v) is 8.24. The van der Waals surface area contributed by atoms with E-state index in [1.807, 2.05) is 23.1 Å². The van der Waals surface area contributed by atoms with Crippen LogP contribution in [0.3, 0.4) is 0 Å². The number of likely N-dealkylation sites (tertiary alicyclic amines) is 1. The Balaban J connectivity index is 2.11. The normalized spacial score (nSPS) is 18.9. The molecule has 3 nitrogen and oxygen atoms in total. The lowest BCUT2D eigenvalue weighted by Crippen LogP contribution is -2.51. The Morgan fingerprint density at radius 1 is 1.29 bits per heavy atom. The molecule has 1 aliphatic rings. The first kappa shape index (κ1) is 15.9. The highest BCUT2D eigenvalue weighted by Gasteiger charge is 2.30. The maximum Gasteiger partial charge on any atom is 0.320 e. The second-order valence-corrected chi connectivity index (χ2v) is 6.24. The number of amides is 2. The van der Waals surface area contributed by atoms with Gasteiger partial charge in [-0.15, -0.1) is 0 Å². The van der Waals surface area contributed by atoms with Crippen molar-refractivity contribution in [1.29, 1.82) is 0 Å². The lowest BCUT2D eigenvalue weighted by molar-refractivity contribution is 0.101. The first-order valence-electron chi connectivity index (χ1n) is 8.24. The molecular weight excluding hydrogens is 260 g/mol. The van der Waals surface area contributed by atoms with E-state index >= 15 is 0 Å². The number of benzene rings is 1. The minimum atomic E-state index is 0.209. The lowest BCUT2D eigenvalue weighted by Gasteiger charge is -2.40. The quantitative estimate of drug-likeness (QED) is 0.811. The van der Waals surface area contributed by atoms with Gasteiger partial charge in [0.05, 0.1) is 0 Å². The minimum absolute atomic E-state index is 0.209. The summed E-state index contributed by atoms with van der Waals surface area (Å²) in [5, 5.41) is 0. The third-order valence-corrected chi connectivity index (χ3v) is 4.41. The number of urea groups is 1. The Bertz CT molecular complexity index is 444. The summed E-state index contributed by atoms with van der Waals surface area (Å²) >= 11 is 0. The van der Waals surface area contributed by atoms with E-state index in [2.05, 4.69) is 37.8 Å². The van der Waals surface area contributed by atoms with Gasteiger partial charge in [0.1, 0.15) is 0 Å². The summed E-state index contributed by atoms with van der Waals surface area (Å²) in [5.74, 6) is 0. The largest absolute Gasteiger partial charge is 0.322 e. The molecule has 0 bridgehead atoms. The lowest BCUT2D eigenvalue weighted by atomic mass is 10.0. The van der Waals surface area contributed by atoms with Crippen LogP contribution in [0.15, 0.2) is 30.3 Å². The van der Waals surface area contributed by atoms with E-state index in [0.717, 1.165) is 25.8 Å². The van der Waals surface area contributed by atoms with Crippen molar-refractivity contribution >= 4 is 6.03 Å². The zero-order valence-corrected chi connectivity index (χ0v) is 13.6. The molecule has 0 saturated carbocycles. The van der Waals surface area contributed by atoms with Gasteiger partial charge >= 0.3 is 6.03 Å². The van der Waals surface area contributed by atoms with E-state index in [-0.39, 0.29) is 12.1 Å². The number of hydrogen-bond acceptors (Lipinski definition) is 1. The first-order chi connectivity index (χ1) is 10.1. The van der Waals surface area contributed by atoms with Crippen molar-refractivity contribution < 1.29 is 4.79 Å². The molecular formula is C18H28N2O. The standard InChI is InChI=1S/C18H28N2O/c1-4-17-12-8-9-13-19(17)18(21)20(15(2)3)14-16-10-6-5-7-11-16/h5-7,10-11,15,17H,4,8-9,12-14H2,1-3H3. The van der Waals surface area contributed by atoms with Crippen LogP contribution >= 0.6 is 0 Å². The molecule has 1 atom stereocenters. The van der Waals surface area contributed by atoms with Crippen LogP contribution in [0.2, 0.25) is 0 Å². The summed E-state index contributed by atoms with van der Waals surface area (Å²) in [6, 6.07) is 11.1. The molecule has 0 spiro atoms. The van der Waals surface area contributed by atoms with Crippen LogP contribution in [0.5, 0.6) is 0 Å². The molecule has 2 amide bonds. The third kappa shape index (κ3) is 3.99. The van der Waals surface area contributed by atoms with E-state index in [1.54, 1.807) is 0 Å². The Morgan fingerprint density at radius 2 is 2.00 bits per heavy atom. The molecule has 1 aliphatic heterocycles. The Labute approximate surface area is 128 Å². The van der Waals surface area contributed by atoms with E-state index in [0.29, 0.717) is 12.6 Å². The molecule has 21 heavy (non-hydrogen) atoms. The molecule has 3 heteroatoms. The molecule has 116 valence electrons. The predicted molar refractivity (Wildman–Crippen MR) is 87.2 cm³/mol. The van der Waals surface area contributed by atoms with Crippen LogP contribution in [-0.4, -0.2) is 34.5 Å². The molecule has 2 rings (SSSR count). The van der Waals surface area contributed by atoms with Crippen molar-refractivity contribution in [2.24, 2.45) is 0 Å². The molecule has 0 aliphatic carbocycles. The Kier molecular flexibility index (Phi) is 5.66. The summed E-state index contributed by atoms with van der Waals surface area (Å²) in [4.78, 5) is 17.1. The predicted octanol–water partition coefficient (Wildman–Crippen LogP) is 4.28. The molecule has 1 aromatic carbocycles. The number of hydrogen-bond donors (Lipinski definition) is 0. The number of piperidine rings is 1. The van der Waals surface area contributed by atoms with Gasteiger partial charge < -0.3 is 9.80 Å². The highest BCUT2D eigenvalue weighted by molar-refractivity contribution is 5.75. The summed E-state index contributed by atoms with van der Waals surface area (Å²) in [5.41, 5.74) is 1.20. The molecule has 1 aromatic rings. The number of carbonyl (C=O) groups is 1. The van der Waals surface area contributed by atoms with Gasteiger partial charge in [-0.25, -0.2) is 4.79 Å². The van der Waals surface area contributed by atoms with Crippen molar-refractivity contribution in [2.75, 3.05) is 6.54 Å². The van der Waals surface area contributed by atoms with Gasteiger partial charge in [0.15, 0.2) is 0 Å². The average Bonchev–Trinajstić information content (AvgIpc) is 2.52. The van der Waals surface area contributed by atoms with Crippen molar-refractivity contribution in [3.63, 3.8) is 0 Å². The maximum atomic E-state index is 13.0. The summed E-state index contributed by atoms with van der Waals surface area (Å²) in [6.07, 6.45) is 4.60. The topological polar surface area (TPSA) is 23.6 Å². The van der Waals surface area contributed by atoms with Crippen LogP contribution in [0.1, 0.15) is 52.0 Å². The van der Waals surface area contributed by atoms with Gasteiger partial charge in [-0.1, -0.05) is 37.3 Å².